The fourth-order valence-electron chi connectivity index (χ4n) is 3.90. The maximum Gasteiger partial charge on any atom is 0.349 e. The number of benzene rings is 3. The number of aromatic amines is 1. The van der Waals surface area contributed by atoms with Crippen molar-refractivity contribution in [2.24, 2.45) is 0 Å². The number of H-pyrrole nitrogens is 1. The Bertz CT molecular complexity index is 1600. The summed E-state index contributed by atoms with van der Waals surface area (Å²) in [7, 11) is 1.46. The molecular weight excluding hydrogens is 434 g/mol. The molecule has 5 aromatic rings. The van der Waals surface area contributed by atoms with Crippen LogP contribution in [-0.4, -0.2) is 23.9 Å². The van der Waals surface area contributed by atoms with Crippen molar-refractivity contribution in [1.29, 1.82) is 0 Å². The highest BCUT2D eigenvalue weighted by atomic mass is 16.5. The summed E-state index contributed by atoms with van der Waals surface area (Å²) < 4.78 is 10.5. The van der Waals surface area contributed by atoms with Gasteiger partial charge in [0.2, 0.25) is 0 Å². The predicted octanol–water partition coefficient (Wildman–Crippen LogP) is 4.02. The second-order valence-corrected chi connectivity index (χ2v) is 7.52. The van der Waals surface area contributed by atoms with Gasteiger partial charge in [0.25, 0.3) is 11.8 Å². The molecule has 2 heterocycles. The van der Waals surface area contributed by atoms with E-state index < -0.39 is 17.4 Å². The molecule has 0 aliphatic rings. The Morgan fingerprint density at radius 2 is 1.62 bits per heavy atom. The topological polar surface area (TPSA) is 113 Å². The molecule has 34 heavy (non-hydrogen) atoms. The molecule has 0 fully saturated rings. The highest BCUT2D eigenvalue weighted by Gasteiger charge is 2.21. The molecule has 5 rings (SSSR count). The summed E-state index contributed by atoms with van der Waals surface area (Å²) in [6.45, 7) is 0. The molecule has 8 nitrogen and oxygen atoms in total. The molecule has 3 aromatic carbocycles. The van der Waals surface area contributed by atoms with Gasteiger partial charge in [-0.25, -0.2) is 4.79 Å². The summed E-state index contributed by atoms with van der Waals surface area (Å²) in [5.41, 5.74) is 6.45. The lowest BCUT2D eigenvalue weighted by Crippen LogP contribution is -2.43. The molecule has 0 saturated heterocycles. The first kappa shape index (κ1) is 21.0. The summed E-state index contributed by atoms with van der Waals surface area (Å²) >= 11 is 0. The van der Waals surface area contributed by atoms with E-state index >= 15 is 0 Å². The van der Waals surface area contributed by atoms with Crippen molar-refractivity contribution in [2.45, 2.75) is 0 Å². The molecule has 0 saturated carbocycles. The van der Waals surface area contributed by atoms with Gasteiger partial charge < -0.3 is 14.1 Å². The Morgan fingerprint density at radius 3 is 2.41 bits per heavy atom. The number of aromatic nitrogens is 1. The minimum atomic E-state index is -0.848. The Hall–Kier alpha value is -4.85. The molecule has 2 amide bonds. The molecule has 0 aliphatic heterocycles. The maximum atomic E-state index is 13.0. The molecule has 0 unspecified atom stereocenters. The molecular formula is C26H19N3O5. The smallest absolute Gasteiger partial charge is 0.349 e. The normalized spacial score (nSPS) is 10.9. The zero-order chi connectivity index (χ0) is 23.7. The van der Waals surface area contributed by atoms with Crippen LogP contribution in [0.25, 0.3) is 33.0 Å². The van der Waals surface area contributed by atoms with Gasteiger partial charge in [-0.05, 0) is 23.8 Å². The second-order valence-electron chi connectivity index (χ2n) is 7.52. The fourth-order valence-corrected chi connectivity index (χ4v) is 3.90. The summed E-state index contributed by atoms with van der Waals surface area (Å²) in [5, 5.41) is 1.38. The van der Waals surface area contributed by atoms with E-state index in [0.717, 1.165) is 16.5 Å². The van der Waals surface area contributed by atoms with Gasteiger partial charge in [0.1, 0.15) is 11.3 Å². The average Bonchev–Trinajstić information content (AvgIpc) is 3.26. The molecule has 2 aromatic heterocycles. The number of nitrogens with one attached hydrogen (secondary N) is 3. The monoisotopic (exact) mass is 453 g/mol. The fraction of sp³-hybridized carbons (Fsp3) is 0.0385. The van der Waals surface area contributed by atoms with Crippen molar-refractivity contribution in [1.82, 2.24) is 15.8 Å². The van der Waals surface area contributed by atoms with E-state index in [9.17, 15) is 14.4 Å². The lowest BCUT2D eigenvalue weighted by Gasteiger charge is -2.09. The summed E-state index contributed by atoms with van der Waals surface area (Å²) in [6, 6.07) is 23.4. The molecule has 0 spiro atoms. The third-order valence-corrected chi connectivity index (χ3v) is 5.47. The van der Waals surface area contributed by atoms with Crippen molar-refractivity contribution in [3.63, 3.8) is 0 Å². The van der Waals surface area contributed by atoms with Gasteiger partial charge in [-0.15, -0.1) is 0 Å². The molecule has 3 N–H and O–H groups in total. The number of rotatable bonds is 4. The van der Waals surface area contributed by atoms with E-state index in [2.05, 4.69) is 15.8 Å². The number of hydrazine groups is 1. The highest BCUT2D eigenvalue weighted by Crippen LogP contribution is 2.32. The number of ether oxygens (including phenoxy) is 1. The Balaban J connectivity index is 1.44. The molecule has 0 atom stereocenters. The molecule has 8 heteroatoms. The number of amides is 2. The van der Waals surface area contributed by atoms with Crippen LogP contribution in [0.15, 0.2) is 88.1 Å². The van der Waals surface area contributed by atoms with Crippen molar-refractivity contribution in [3.05, 3.63) is 101 Å². The van der Waals surface area contributed by atoms with Crippen molar-refractivity contribution < 1.29 is 18.7 Å². The van der Waals surface area contributed by atoms with Crippen LogP contribution in [0.3, 0.4) is 0 Å². The van der Waals surface area contributed by atoms with E-state index in [1.165, 1.54) is 13.2 Å². The van der Waals surface area contributed by atoms with Gasteiger partial charge in [-0.3, -0.25) is 20.4 Å². The highest BCUT2D eigenvalue weighted by molar-refractivity contribution is 6.10. The lowest BCUT2D eigenvalue weighted by molar-refractivity contribution is 0.0842. The number of methoxy groups -OCH3 is 1. The summed E-state index contributed by atoms with van der Waals surface area (Å²) in [5.74, 6) is -0.985. The minimum Gasteiger partial charge on any atom is -0.493 e. The van der Waals surface area contributed by atoms with E-state index in [-0.39, 0.29) is 16.8 Å². The van der Waals surface area contributed by atoms with Gasteiger partial charge in [0.05, 0.1) is 7.11 Å². The summed E-state index contributed by atoms with van der Waals surface area (Å²) in [6.07, 6.45) is 0. The van der Waals surface area contributed by atoms with Gasteiger partial charge >= 0.3 is 5.63 Å². The largest absolute Gasteiger partial charge is 0.493 e. The number of hydrogen-bond acceptors (Lipinski definition) is 5. The Labute approximate surface area is 193 Å². The van der Waals surface area contributed by atoms with Crippen LogP contribution in [-0.2, 0) is 0 Å². The van der Waals surface area contributed by atoms with Crippen LogP contribution in [0, 0.1) is 0 Å². The van der Waals surface area contributed by atoms with Crippen LogP contribution in [0.4, 0.5) is 0 Å². The molecule has 168 valence electrons. The first-order valence-corrected chi connectivity index (χ1v) is 10.4. The van der Waals surface area contributed by atoms with Crippen LogP contribution < -0.4 is 21.2 Å². The lowest BCUT2D eigenvalue weighted by atomic mass is 10.0. The van der Waals surface area contributed by atoms with Gasteiger partial charge in [0, 0.05) is 21.9 Å². The molecule has 0 bridgehead atoms. The average molecular weight is 453 g/mol. The number of para-hydroxylation sites is 2. The standard InChI is InChI=1S/C26H19N3O5/c1-33-20-13-7-10-16-14-18(26(32)34-23(16)20)24(30)28-29-25(31)22-21(15-8-3-2-4-9-15)17-11-5-6-12-19(17)27-22/h2-14,27H,1H3,(H,28,30)(H,29,31). The SMILES string of the molecule is COc1cccc2cc(C(=O)NNC(=O)c3[nH]c4ccccc4c3-c3ccccc3)c(=O)oc12. The Kier molecular flexibility index (Phi) is 5.31. The van der Waals surface area contributed by atoms with Crippen LogP contribution in [0.2, 0.25) is 0 Å². The molecule has 0 aliphatic carbocycles. The number of fused-ring (bicyclic) bond motifs is 2. The van der Waals surface area contributed by atoms with E-state index in [1.807, 2.05) is 54.6 Å². The number of carbonyl (C=O) groups is 2. The summed E-state index contributed by atoms with van der Waals surface area (Å²) in [4.78, 5) is 41.3. The van der Waals surface area contributed by atoms with E-state index in [1.54, 1.807) is 18.2 Å². The van der Waals surface area contributed by atoms with Gasteiger partial charge in [-0.1, -0.05) is 60.7 Å². The number of hydrogen-bond donors (Lipinski definition) is 3. The second kappa shape index (κ2) is 8.59. The van der Waals surface area contributed by atoms with Crippen LogP contribution in [0.5, 0.6) is 5.75 Å². The first-order chi connectivity index (χ1) is 16.6. The third-order valence-electron chi connectivity index (χ3n) is 5.47. The maximum absolute atomic E-state index is 13.0. The Morgan fingerprint density at radius 1 is 0.882 bits per heavy atom. The van der Waals surface area contributed by atoms with Crippen LogP contribution in [0.1, 0.15) is 20.8 Å². The quantitative estimate of drug-likeness (QED) is 0.281. The van der Waals surface area contributed by atoms with Crippen molar-refractivity contribution in [3.8, 4) is 16.9 Å². The number of carbonyl (C=O) groups excluding carboxylic acids is 2. The zero-order valence-electron chi connectivity index (χ0n) is 18.0. The first-order valence-electron chi connectivity index (χ1n) is 10.4. The van der Waals surface area contributed by atoms with Crippen molar-refractivity contribution >= 4 is 33.7 Å². The van der Waals surface area contributed by atoms with E-state index in [4.69, 9.17) is 9.15 Å². The zero-order valence-corrected chi connectivity index (χ0v) is 18.0. The minimum absolute atomic E-state index is 0.237. The predicted molar refractivity (Wildman–Crippen MR) is 128 cm³/mol. The van der Waals surface area contributed by atoms with Crippen LogP contribution >= 0.6 is 0 Å². The molecule has 0 radical (unpaired) electrons. The third kappa shape index (κ3) is 3.67. The van der Waals surface area contributed by atoms with Gasteiger partial charge in [0.15, 0.2) is 11.3 Å². The van der Waals surface area contributed by atoms with Crippen molar-refractivity contribution in [2.75, 3.05) is 7.11 Å². The van der Waals surface area contributed by atoms with Gasteiger partial charge in [-0.2, -0.15) is 0 Å². The van der Waals surface area contributed by atoms with E-state index in [0.29, 0.717) is 16.7 Å².